The average Bonchev–Trinajstić information content (AvgIpc) is 3.08. The first kappa shape index (κ1) is 16.1. The number of benzene rings is 2. The number of H-pyrrole nitrogens is 1. The molecular weight excluding hydrogens is 326 g/mol. The Morgan fingerprint density at radius 1 is 1.00 bits per heavy atom. The van der Waals surface area contributed by atoms with Gasteiger partial charge in [0, 0.05) is 28.3 Å². The highest BCUT2D eigenvalue weighted by Gasteiger charge is 2.14. The second-order valence-corrected chi connectivity index (χ2v) is 6.11. The van der Waals surface area contributed by atoms with Crippen LogP contribution in [0.4, 0.5) is 11.6 Å². The molecule has 130 valence electrons. The third kappa shape index (κ3) is 2.86. The lowest BCUT2D eigenvalue weighted by Gasteiger charge is -2.13. The number of aromatic amines is 1. The largest absolute Gasteiger partial charge is 0.496 e. The Kier molecular flexibility index (Phi) is 4.01. The fourth-order valence-corrected chi connectivity index (χ4v) is 2.95. The molecule has 0 spiro atoms. The molecule has 6 heteroatoms. The van der Waals surface area contributed by atoms with Gasteiger partial charge < -0.3 is 10.1 Å². The number of fused-ring (bicyclic) bond motifs is 1. The molecule has 26 heavy (non-hydrogen) atoms. The molecule has 0 fully saturated rings. The summed E-state index contributed by atoms with van der Waals surface area (Å²) in [6.45, 7) is 3.96. The molecule has 6 nitrogen and oxygen atoms in total. The highest BCUT2D eigenvalue weighted by molar-refractivity contribution is 5.95. The Hall–Kier alpha value is -3.41. The zero-order valence-electron chi connectivity index (χ0n) is 14.9. The van der Waals surface area contributed by atoms with E-state index in [9.17, 15) is 0 Å². The van der Waals surface area contributed by atoms with Crippen molar-refractivity contribution in [3.63, 3.8) is 0 Å². The number of rotatable bonds is 4. The zero-order chi connectivity index (χ0) is 18.1. The van der Waals surface area contributed by atoms with Crippen LogP contribution in [0.2, 0.25) is 0 Å². The number of aromatic nitrogens is 4. The maximum Gasteiger partial charge on any atom is 0.162 e. The van der Waals surface area contributed by atoms with Gasteiger partial charge in [-0.1, -0.05) is 30.3 Å². The van der Waals surface area contributed by atoms with Crippen molar-refractivity contribution in [3.05, 3.63) is 59.8 Å². The number of hydrogen-bond donors (Lipinski definition) is 2. The molecule has 0 saturated heterocycles. The SMILES string of the molecule is COc1ccc2c(Nc3cc(C)[nH]n3)nc(-c3ccccc3)nc2c1C. The molecule has 4 rings (SSSR count). The van der Waals surface area contributed by atoms with Gasteiger partial charge in [-0.25, -0.2) is 9.97 Å². The van der Waals surface area contributed by atoms with Crippen LogP contribution in [0.3, 0.4) is 0 Å². The predicted octanol–water partition coefficient (Wildman–Crippen LogP) is 4.39. The van der Waals surface area contributed by atoms with E-state index in [1.165, 1.54) is 0 Å². The molecule has 0 radical (unpaired) electrons. The summed E-state index contributed by atoms with van der Waals surface area (Å²) in [5.74, 6) is 2.89. The first-order valence-corrected chi connectivity index (χ1v) is 8.35. The minimum absolute atomic E-state index is 0.657. The van der Waals surface area contributed by atoms with Crippen molar-refractivity contribution in [2.45, 2.75) is 13.8 Å². The minimum atomic E-state index is 0.657. The Bertz CT molecular complexity index is 1070. The zero-order valence-corrected chi connectivity index (χ0v) is 14.9. The Labute approximate surface area is 151 Å². The summed E-state index contributed by atoms with van der Waals surface area (Å²) in [5.41, 5.74) is 3.77. The lowest BCUT2D eigenvalue weighted by molar-refractivity contribution is 0.412. The first-order valence-electron chi connectivity index (χ1n) is 8.35. The van der Waals surface area contributed by atoms with Crippen LogP contribution in [0.1, 0.15) is 11.3 Å². The third-order valence-corrected chi connectivity index (χ3v) is 4.28. The van der Waals surface area contributed by atoms with Gasteiger partial charge in [0.05, 0.1) is 12.6 Å². The van der Waals surface area contributed by atoms with Crippen molar-refractivity contribution in [2.75, 3.05) is 12.4 Å². The summed E-state index contributed by atoms with van der Waals surface area (Å²) in [7, 11) is 1.67. The number of hydrogen-bond acceptors (Lipinski definition) is 5. The van der Waals surface area contributed by atoms with E-state index >= 15 is 0 Å². The Morgan fingerprint density at radius 3 is 2.50 bits per heavy atom. The van der Waals surface area contributed by atoms with E-state index in [1.54, 1.807) is 7.11 Å². The second kappa shape index (κ2) is 6.48. The van der Waals surface area contributed by atoms with E-state index < -0.39 is 0 Å². The van der Waals surface area contributed by atoms with Gasteiger partial charge in [-0.15, -0.1) is 0 Å². The molecule has 4 aromatic rings. The molecule has 2 aromatic heterocycles. The van der Waals surface area contributed by atoms with Crippen LogP contribution in [-0.4, -0.2) is 27.3 Å². The number of anilines is 2. The van der Waals surface area contributed by atoms with E-state index in [0.29, 0.717) is 11.6 Å². The minimum Gasteiger partial charge on any atom is -0.496 e. The molecule has 0 bridgehead atoms. The molecule has 0 aliphatic rings. The molecule has 0 amide bonds. The summed E-state index contributed by atoms with van der Waals surface area (Å²) in [6.07, 6.45) is 0. The van der Waals surface area contributed by atoms with E-state index in [2.05, 4.69) is 15.5 Å². The Morgan fingerprint density at radius 2 is 1.81 bits per heavy atom. The van der Waals surface area contributed by atoms with Gasteiger partial charge in [0.15, 0.2) is 11.6 Å². The van der Waals surface area contributed by atoms with Gasteiger partial charge >= 0.3 is 0 Å². The van der Waals surface area contributed by atoms with E-state index in [4.69, 9.17) is 14.7 Å². The fourth-order valence-electron chi connectivity index (χ4n) is 2.95. The monoisotopic (exact) mass is 345 g/mol. The van der Waals surface area contributed by atoms with Crippen molar-refractivity contribution in [1.82, 2.24) is 20.2 Å². The van der Waals surface area contributed by atoms with Crippen LogP contribution in [0.15, 0.2) is 48.5 Å². The van der Waals surface area contributed by atoms with Gasteiger partial charge in [0.25, 0.3) is 0 Å². The van der Waals surface area contributed by atoms with Crippen molar-refractivity contribution >= 4 is 22.5 Å². The summed E-state index contributed by atoms with van der Waals surface area (Å²) in [6, 6.07) is 15.8. The van der Waals surface area contributed by atoms with Gasteiger partial charge in [0.1, 0.15) is 11.6 Å². The van der Waals surface area contributed by atoms with Crippen molar-refractivity contribution < 1.29 is 4.74 Å². The fraction of sp³-hybridized carbons (Fsp3) is 0.150. The number of nitrogens with one attached hydrogen (secondary N) is 2. The molecule has 0 saturated carbocycles. The van der Waals surface area contributed by atoms with E-state index in [-0.39, 0.29) is 0 Å². The van der Waals surface area contributed by atoms with E-state index in [1.807, 2.05) is 62.4 Å². The average molecular weight is 345 g/mol. The lowest BCUT2D eigenvalue weighted by atomic mass is 10.1. The van der Waals surface area contributed by atoms with Crippen LogP contribution in [0.5, 0.6) is 5.75 Å². The summed E-state index contributed by atoms with van der Waals surface area (Å²) in [5, 5.41) is 11.4. The summed E-state index contributed by atoms with van der Waals surface area (Å²) in [4.78, 5) is 9.56. The molecule has 2 N–H and O–H groups in total. The van der Waals surface area contributed by atoms with Crippen LogP contribution in [-0.2, 0) is 0 Å². The van der Waals surface area contributed by atoms with Gasteiger partial charge in [0.2, 0.25) is 0 Å². The molecule has 0 atom stereocenters. The Balaban J connectivity index is 1.94. The van der Waals surface area contributed by atoms with Crippen LogP contribution >= 0.6 is 0 Å². The highest BCUT2D eigenvalue weighted by Crippen LogP contribution is 2.32. The van der Waals surface area contributed by atoms with Gasteiger partial charge in [-0.2, -0.15) is 5.10 Å². The van der Waals surface area contributed by atoms with Crippen molar-refractivity contribution in [1.29, 1.82) is 0 Å². The molecule has 2 aromatic carbocycles. The standard InChI is InChI=1S/C20H19N5O/c1-12-11-17(25-24-12)21-20-15-9-10-16(26-3)13(2)18(15)22-19(23-20)14-7-5-4-6-8-14/h4-11H,1-3H3,(H2,21,22,23,24,25). The highest BCUT2D eigenvalue weighted by atomic mass is 16.5. The number of aryl methyl sites for hydroxylation is 2. The van der Waals surface area contributed by atoms with Crippen molar-refractivity contribution in [2.24, 2.45) is 0 Å². The molecule has 0 unspecified atom stereocenters. The van der Waals surface area contributed by atoms with Crippen LogP contribution in [0, 0.1) is 13.8 Å². The maximum atomic E-state index is 5.46. The molecule has 0 aliphatic carbocycles. The molecular formula is C20H19N5O. The molecule has 2 heterocycles. The second-order valence-electron chi connectivity index (χ2n) is 6.11. The van der Waals surface area contributed by atoms with E-state index in [0.717, 1.165) is 39.3 Å². The smallest absolute Gasteiger partial charge is 0.162 e. The number of methoxy groups -OCH3 is 1. The van der Waals surface area contributed by atoms with Crippen molar-refractivity contribution in [3.8, 4) is 17.1 Å². The van der Waals surface area contributed by atoms with Gasteiger partial charge in [-0.3, -0.25) is 5.10 Å². The lowest BCUT2D eigenvalue weighted by Crippen LogP contribution is -2.01. The van der Waals surface area contributed by atoms with Crippen LogP contribution in [0.25, 0.3) is 22.3 Å². The predicted molar refractivity (Wildman–Crippen MR) is 103 cm³/mol. The first-order chi connectivity index (χ1) is 12.7. The summed E-state index contributed by atoms with van der Waals surface area (Å²) >= 11 is 0. The normalized spacial score (nSPS) is 10.9. The maximum absolute atomic E-state index is 5.46. The molecule has 0 aliphatic heterocycles. The summed E-state index contributed by atoms with van der Waals surface area (Å²) < 4.78 is 5.46. The van der Waals surface area contributed by atoms with Crippen LogP contribution < -0.4 is 10.1 Å². The topological polar surface area (TPSA) is 75.7 Å². The third-order valence-electron chi connectivity index (χ3n) is 4.28. The van der Waals surface area contributed by atoms with Gasteiger partial charge in [-0.05, 0) is 26.0 Å². The number of ether oxygens (including phenoxy) is 1. The number of nitrogens with zero attached hydrogens (tertiary/aromatic N) is 3. The quantitative estimate of drug-likeness (QED) is 0.574.